The van der Waals surface area contributed by atoms with Gasteiger partial charge in [-0.25, -0.2) is 9.78 Å². The van der Waals surface area contributed by atoms with Gasteiger partial charge in [0, 0.05) is 35.1 Å². The molecule has 13 nitrogen and oxygen atoms in total. The number of hydrogen-bond donors (Lipinski definition) is 3. The van der Waals surface area contributed by atoms with E-state index in [1.807, 2.05) is 44.2 Å². The van der Waals surface area contributed by atoms with Gasteiger partial charge in [0.2, 0.25) is 23.8 Å². The lowest BCUT2D eigenvalue weighted by Gasteiger charge is -2.25. The molecule has 0 radical (unpaired) electrons. The number of para-hydroxylation sites is 1. The minimum atomic E-state index is -1.45. The summed E-state index contributed by atoms with van der Waals surface area (Å²) in [6, 6.07) is 11.2. The molecule has 13 heteroatoms. The van der Waals surface area contributed by atoms with Crippen LogP contribution in [0, 0.1) is 0 Å². The van der Waals surface area contributed by atoms with Crippen molar-refractivity contribution in [1.82, 2.24) is 25.5 Å². The number of aromatic nitrogens is 2. The summed E-state index contributed by atoms with van der Waals surface area (Å²) in [7, 11) is 0. The standard InChI is InChI=1S/C32H33N5O8.C2H6/c1-18(2)30(41)35-14-26(39)33-11-7-3-4-10-25(38)34-15-27(40)45-29-21-13-24-28-20(12-19-8-5-6-9-23(19)36-28)16-37(24)31(42)22(21)17-44-32(29)43;1-2/h5-6,8-9,12-13,29H,1,3-4,7,10-11,14-17H2,2H3,(H,33,39)(H,34,38)(H,35,41);1-2H3. The summed E-state index contributed by atoms with van der Waals surface area (Å²) < 4.78 is 12.2. The molecule has 3 amide bonds. The number of unbranched alkanes of at least 4 members (excludes halogenated alkanes) is 2. The Kier molecular flexibility index (Phi) is 11.6. The molecule has 2 aliphatic heterocycles. The van der Waals surface area contributed by atoms with Gasteiger partial charge in [0.25, 0.3) is 5.56 Å². The zero-order valence-corrected chi connectivity index (χ0v) is 26.8. The maximum atomic E-state index is 13.4. The Morgan fingerprint density at radius 1 is 1.00 bits per heavy atom. The van der Waals surface area contributed by atoms with E-state index in [0.717, 1.165) is 16.5 Å². The van der Waals surface area contributed by atoms with Gasteiger partial charge >= 0.3 is 11.9 Å². The Bertz CT molecular complexity index is 1780. The monoisotopic (exact) mass is 645 g/mol. The SMILES string of the molecule is C=C(C)C(=O)NCC(=O)NCCCCCC(=O)NCC(=O)OC1C(=O)OCc2c1cc1n(c2=O)Cc2cc3ccccc3nc2-1.CC. The average molecular weight is 646 g/mol. The van der Waals surface area contributed by atoms with E-state index >= 15 is 0 Å². The first-order chi connectivity index (χ1) is 22.6. The number of carbonyl (C=O) groups is 5. The smallest absolute Gasteiger partial charge is 0.352 e. The van der Waals surface area contributed by atoms with Crippen LogP contribution < -0.4 is 21.5 Å². The second-order valence-electron chi connectivity index (χ2n) is 10.9. The number of hydrogen-bond acceptors (Lipinski definition) is 9. The number of rotatable bonds is 12. The molecule has 3 aromatic rings. The highest BCUT2D eigenvalue weighted by molar-refractivity contribution is 5.94. The summed E-state index contributed by atoms with van der Waals surface area (Å²) in [5.41, 5.74) is 3.22. The van der Waals surface area contributed by atoms with Crippen molar-refractivity contribution in [2.24, 2.45) is 0 Å². The number of pyridine rings is 2. The highest BCUT2D eigenvalue weighted by Crippen LogP contribution is 2.36. The Labute approximate surface area is 271 Å². The molecule has 4 heterocycles. The zero-order chi connectivity index (χ0) is 34.1. The highest BCUT2D eigenvalue weighted by Gasteiger charge is 2.37. The van der Waals surface area contributed by atoms with Crippen LogP contribution in [0.4, 0.5) is 0 Å². The molecular weight excluding hydrogens is 606 g/mol. The van der Waals surface area contributed by atoms with Crippen molar-refractivity contribution in [3.05, 3.63) is 75.6 Å². The number of benzene rings is 1. The van der Waals surface area contributed by atoms with E-state index in [1.54, 1.807) is 17.6 Å². The van der Waals surface area contributed by atoms with Gasteiger partial charge in [-0.2, -0.15) is 0 Å². The first-order valence-electron chi connectivity index (χ1n) is 15.6. The normalized spacial score (nSPS) is 13.9. The minimum absolute atomic E-state index is 0.143. The molecule has 2 aromatic heterocycles. The number of cyclic esters (lactones) is 1. The number of fused-ring (bicyclic) bond motifs is 5. The van der Waals surface area contributed by atoms with Gasteiger partial charge in [0.15, 0.2) is 0 Å². The third-order valence-corrected chi connectivity index (χ3v) is 7.54. The van der Waals surface area contributed by atoms with Crippen LogP contribution in [0.3, 0.4) is 0 Å². The number of carbonyl (C=O) groups excluding carboxylic acids is 5. The second kappa shape index (κ2) is 15.8. The van der Waals surface area contributed by atoms with E-state index in [4.69, 9.17) is 14.5 Å². The Morgan fingerprint density at radius 2 is 1.77 bits per heavy atom. The van der Waals surface area contributed by atoms with Crippen molar-refractivity contribution < 1.29 is 33.4 Å². The van der Waals surface area contributed by atoms with Crippen LogP contribution in [0.2, 0.25) is 0 Å². The van der Waals surface area contributed by atoms with Crippen LogP contribution >= 0.6 is 0 Å². The largest absolute Gasteiger partial charge is 0.458 e. The topological polar surface area (TPSA) is 175 Å². The lowest BCUT2D eigenvalue weighted by molar-refractivity contribution is -0.171. The van der Waals surface area contributed by atoms with Gasteiger partial charge in [0.1, 0.15) is 13.2 Å². The summed E-state index contributed by atoms with van der Waals surface area (Å²) in [6.07, 6.45) is 0.484. The molecule has 1 atom stereocenters. The molecule has 248 valence electrons. The molecule has 0 saturated carbocycles. The fourth-order valence-electron chi connectivity index (χ4n) is 5.19. The zero-order valence-electron chi connectivity index (χ0n) is 26.8. The molecule has 0 aliphatic carbocycles. The summed E-state index contributed by atoms with van der Waals surface area (Å²) in [4.78, 5) is 78.8. The Morgan fingerprint density at radius 3 is 2.53 bits per heavy atom. The van der Waals surface area contributed by atoms with Gasteiger partial charge in [-0.05, 0) is 38.0 Å². The van der Waals surface area contributed by atoms with Crippen LogP contribution in [-0.4, -0.2) is 58.8 Å². The molecule has 3 N–H and O–H groups in total. The van der Waals surface area contributed by atoms with E-state index < -0.39 is 24.6 Å². The predicted octanol–water partition coefficient (Wildman–Crippen LogP) is 2.58. The molecule has 0 saturated heterocycles. The van der Waals surface area contributed by atoms with Gasteiger partial charge in [-0.15, -0.1) is 0 Å². The van der Waals surface area contributed by atoms with Crippen molar-refractivity contribution in [2.75, 3.05) is 19.6 Å². The molecule has 47 heavy (non-hydrogen) atoms. The third-order valence-electron chi connectivity index (χ3n) is 7.54. The Hall–Kier alpha value is -5.33. The van der Waals surface area contributed by atoms with Crippen LogP contribution in [-0.2, 0) is 46.6 Å². The fourth-order valence-corrected chi connectivity index (χ4v) is 5.19. The molecule has 1 aromatic carbocycles. The van der Waals surface area contributed by atoms with E-state index in [2.05, 4.69) is 22.5 Å². The lowest BCUT2D eigenvalue weighted by Crippen LogP contribution is -2.37. The molecule has 0 bridgehead atoms. The first-order valence-corrected chi connectivity index (χ1v) is 15.6. The van der Waals surface area contributed by atoms with Crippen LogP contribution in [0.5, 0.6) is 0 Å². The summed E-state index contributed by atoms with van der Waals surface area (Å²) in [5.74, 6) is -2.75. The summed E-state index contributed by atoms with van der Waals surface area (Å²) in [6.45, 7) is 8.91. The number of nitrogens with one attached hydrogen (secondary N) is 3. The highest BCUT2D eigenvalue weighted by atomic mass is 16.6. The van der Waals surface area contributed by atoms with Crippen LogP contribution in [0.1, 0.15) is 69.2 Å². The summed E-state index contributed by atoms with van der Waals surface area (Å²) in [5, 5.41) is 8.54. The quantitative estimate of drug-likeness (QED) is 0.119. The number of amides is 3. The van der Waals surface area contributed by atoms with Crippen LogP contribution in [0.25, 0.3) is 22.3 Å². The molecule has 2 aliphatic rings. The van der Waals surface area contributed by atoms with E-state index in [0.29, 0.717) is 49.3 Å². The maximum Gasteiger partial charge on any atom is 0.352 e. The van der Waals surface area contributed by atoms with Crippen molar-refractivity contribution in [3.8, 4) is 11.4 Å². The fraction of sp³-hybridized carbons (Fsp3) is 0.382. The second-order valence-corrected chi connectivity index (χ2v) is 10.9. The van der Waals surface area contributed by atoms with E-state index in [-0.39, 0.29) is 54.0 Å². The van der Waals surface area contributed by atoms with Crippen molar-refractivity contribution in [1.29, 1.82) is 0 Å². The maximum absolute atomic E-state index is 13.4. The minimum Gasteiger partial charge on any atom is -0.458 e. The predicted molar refractivity (Wildman–Crippen MR) is 173 cm³/mol. The van der Waals surface area contributed by atoms with Gasteiger partial charge in [-0.3, -0.25) is 24.0 Å². The Balaban J connectivity index is 0.00000245. The summed E-state index contributed by atoms with van der Waals surface area (Å²) >= 11 is 0. The van der Waals surface area contributed by atoms with Crippen molar-refractivity contribution in [3.63, 3.8) is 0 Å². The molecular formula is C34H39N5O8. The number of esters is 2. The van der Waals surface area contributed by atoms with Crippen LogP contribution in [0.15, 0.2) is 53.3 Å². The van der Waals surface area contributed by atoms with Gasteiger partial charge in [0.05, 0.1) is 35.6 Å². The molecule has 0 spiro atoms. The molecule has 1 unspecified atom stereocenters. The van der Waals surface area contributed by atoms with Gasteiger partial charge in [-0.1, -0.05) is 45.0 Å². The van der Waals surface area contributed by atoms with Crippen molar-refractivity contribution >= 4 is 40.6 Å². The third kappa shape index (κ3) is 8.29. The number of nitrogens with zero attached hydrogens (tertiary/aromatic N) is 2. The van der Waals surface area contributed by atoms with E-state index in [9.17, 15) is 28.8 Å². The van der Waals surface area contributed by atoms with Crippen molar-refractivity contribution in [2.45, 2.75) is 65.7 Å². The molecule has 0 fully saturated rings. The first kappa shape index (κ1) is 34.5. The van der Waals surface area contributed by atoms with Gasteiger partial charge < -0.3 is 30.0 Å². The van der Waals surface area contributed by atoms with E-state index in [1.165, 1.54) is 0 Å². The number of ether oxygens (including phenoxy) is 2. The average Bonchev–Trinajstić information content (AvgIpc) is 3.42. The lowest BCUT2D eigenvalue weighted by atomic mass is 10.00. The molecule has 5 rings (SSSR count).